The van der Waals surface area contributed by atoms with Crippen molar-refractivity contribution in [3.63, 3.8) is 0 Å². The molecule has 5 heteroatoms. The summed E-state index contributed by atoms with van der Waals surface area (Å²) in [5, 5.41) is 5.92. The first-order chi connectivity index (χ1) is 11.6. The predicted molar refractivity (Wildman–Crippen MR) is 101 cm³/mol. The highest BCUT2D eigenvalue weighted by molar-refractivity contribution is 7.14. The van der Waals surface area contributed by atoms with Gasteiger partial charge in [-0.15, -0.1) is 11.3 Å². The number of nitrogens with zero attached hydrogens (tertiary/aromatic N) is 1. The number of hydrogen-bond acceptors (Lipinski definition) is 3. The number of rotatable bonds is 4. The van der Waals surface area contributed by atoms with Crippen LogP contribution >= 0.6 is 22.9 Å². The van der Waals surface area contributed by atoms with Crippen LogP contribution in [0, 0.1) is 6.92 Å². The van der Waals surface area contributed by atoms with Gasteiger partial charge in [-0.3, -0.25) is 10.1 Å². The zero-order valence-electron chi connectivity index (χ0n) is 13.0. The minimum atomic E-state index is -0.222. The lowest BCUT2D eigenvalue weighted by atomic mass is 10.1. The summed E-state index contributed by atoms with van der Waals surface area (Å²) in [5.41, 5.74) is 3.96. The molecule has 2 aromatic carbocycles. The number of nitrogens with one attached hydrogen (secondary N) is 1. The van der Waals surface area contributed by atoms with Gasteiger partial charge in [0.15, 0.2) is 5.13 Å². The van der Waals surface area contributed by atoms with Crippen molar-refractivity contribution in [2.45, 2.75) is 6.92 Å². The number of hydrogen-bond donors (Lipinski definition) is 1. The summed E-state index contributed by atoms with van der Waals surface area (Å²) in [4.78, 5) is 16.4. The Morgan fingerprint density at radius 3 is 2.75 bits per heavy atom. The molecule has 0 radical (unpaired) electrons. The van der Waals surface area contributed by atoms with Gasteiger partial charge in [-0.2, -0.15) is 0 Å². The topological polar surface area (TPSA) is 42.0 Å². The van der Waals surface area contributed by atoms with Gasteiger partial charge < -0.3 is 0 Å². The predicted octanol–water partition coefficient (Wildman–Crippen LogP) is 5.42. The van der Waals surface area contributed by atoms with Crippen molar-refractivity contribution in [1.82, 2.24) is 4.98 Å². The number of thiazole rings is 1. The highest BCUT2D eigenvalue weighted by Gasteiger charge is 2.06. The van der Waals surface area contributed by atoms with Crippen LogP contribution in [0.15, 0.2) is 60.0 Å². The monoisotopic (exact) mass is 354 g/mol. The maximum atomic E-state index is 12.0. The van der Waals surface area contributed by atoms with Crippen molar-refractivity contribution < 1.29 is 4.79 Å². The van der Waals surface area contributed by atoms with Crippen molar-refractivity contribution >= 4 is 40.1 Å². The lowest BCUT2D eigenvalue weighted by Gasteiger charge is -1.98. The first-order valence-corrected chi connectivity index (χ1v) is 8.63. The second-order valence-electron chi connectivity index (χ2n) is 5.28. The highest BCUT2D eigenvalue weighted by atomic mass is 35.5. The number of benzene rings is 2. The van der Waals surface area contributed by atoms with E-state index in [4.69, 9.17) is 11.6 Å². The molecular weight excluding hydrogens is 340 g/mol. The van der Waals surface area contributed by atoms with Crippen LogP contribution < -0.4 is 5.32 Å². The molecule has 0 aliphatic carbocycles. The average molecular weight is 355 g/mol. The molecule has 0 bridgehead atoms. The van der Waals surface area contributed by atoms with Crippen molar-refractivity contribution in [2.24, 2.45) is 0 Å². The normalized spacial score (nSPS) is 10.9. The number of carbonyl (C=O) groups is 1. The Morgan fingerprint density at radius 1 is 1.21 bits per heavy atom. The zero-order chi connectivity index (χ0) is 16.9. The molecule has 3 aromatic rings. The lowest BCUT2D eigenvalue weighted by molar-refractivity contribution is -0.111. The number of aryl methyl sites for hydroxylation is 1. The Kier molecular flexibility index (Phi) is 5.08. The molecule has 0 spiro atoms. The van der Waals surface area contributed by atoms with Gasteiger partial charge in [0.25, 0.3) is 0 Å². The van der Waals surface area contributed by atoms with E-state index in [2.05, 4.69) is 10.3 Å². The van der Waals surface area contributed by atoms with Gasteiger partial charge in [-0.1, -0.05) is 53.6 Å². The first kappa shape index (κ1) is 16.4. The first-order valence-electron chi connectivity index (χ1n) is 7.37. The second-order valence-corrected chi connectivity index (χ2v) is 6.58. The van der Waals surface area contributed by atoms with Crippen molar-refractivity contribution in [3.8, 4) is 11.3 Å². The highest BCUT2D eigenvalue weighted by Crippen LogP contribution is 2.25. The third-order valence-electron chi connectivity index (χ3n) is 3.36. The van der Waals surface area contributed by atoms with E-state index in [0.29, 0.717) is 10.2 Å². The molecule has 3 nitrogen and oxygen atoms in total. The Hall–Kier alpha value is -2.43. The maximum Gasteiger partial charge on any atom is 0.250 e. The van der Waals surface area contributed by atoms with Crippen LogP contribution in [0.25, 0.3) is 17.3 Å². The van der Waals surface area contributed by atoms with E-state index < -0.39 is 0 Å². The third-order valence-corrected chi connectivity index (χ3v) is 4.35. The Balaban J connectivity index is 1.66. The summed E-state index contributed by atoms with van der Waals surface area (Å²) in [7, 11) is 0. The summed E-state index contributed by atoms with van der Waals surface area (Å²) in [5.74, 6) is -0.222. The van der Waals surface area contributed by atoms with E-state index in [1.807, 2.05) is 48.7 Å². The molecule has 0 atom stereocenters. The van der Waals surface area contributed by atoms with Gasteiger partial charge in [-0.05, 0) is 30.7 Å². The third kappa shape index (κ3) is 4.31. The molecule has 1 aromatic heterocycles. The van der Waals surface area contributed by atoms with Gasteiger partial charge in [-0.25, -0.2) is 4.98 Å². The van der Waals surface area contributed by atoms with Gasteiger partial charge in [0.2, 0.25) is 5.91 Å². The van der Waals surface area contributed by atoms with Gasteiger partial charge in [0, 0.05) is 22.0 Å². The van der Waals surface area contributed by atoms with Crippen LogP contribution in [0.4, 0.5) is 5.13 Å². The molecule has 24 heavy (non-hydrogen) atoms. The van der Waals surface area contributed by atoms with Crippen LogP contribution in [0.1, 0.15) is 11.1 Å². The quantitative estimate of drug-likeness (QED) is 0.635. The molecule has 0 saturated carbocycles. The summed E-state index contributed by atoms with van der Waals surface area (Å²) in [6.45, 7) is 2.04. The van der Waals surface area contributed by atoms with Gasteiger partial charge >= 0.3 is 0 Å². The fraction of sp³-hybridized carbons (Fsp3) is 0.0526. The standard InChI is InChI=1S/C19H15ClN2OS/c1-13-5-8-15(9-6-13)17-12-24-19(21-17)22-18(23)10-7-14-3-2-4-16(20)11-14/h2-12H,1H3,(H,21,22,23). The average Bonchev–Trinajstić information content (AvgIpc) is 3.02. The van der Waals surface area contributed by atoms with E-state index in [1.165, 1.54) is 23.0 Å². The molecule has 1 N–H and O–H groups in total. The number of aromatic nitrogens is 1. The molecule has 0 aliphatic heterocycles. The summed E-state index contributed by atoms with van der Waals surface area (Å²) in [6, 6.07) is 15.4. The van der Waals surface area contributed by atoms with E-state index in [9.17, 15) is 4.79 Å². The molecule has 0 saturated heterocycles. The summed E-state index contributed by atoms with van der Waals surface area (Å²) in [6.07, 6.45) is 3.19. The molecule has 120 valence electrons. The molecule has 1 heterocycles. The Morgan fingerprint density at radius 2 is 2.00 bits per heavy atom. The van der Waals surface area contributed by atoms with Gasteiger partial charge in [0.05, 0.1) is 5.69 Å². The number of anilines is 1. The van der Waals surface area contributed by atoms with Crippen LogP contribution in [0.2, 0.25) is 5.02 Å². The molecule has 0 aliphatic rings. The molecule has 1 amide bonds. The smallest absolute Gasteiger partial charge is 0.250 e. The maximum absolute atomic E-state index is 12.0. The minimum Gasteiger partial charge on any atom is -0.298 e. The second kappa shape index (κ2) is 7.43. The lowest BCUT2D eigenvalue weighted by Crippen LogP contribution is -2.07. The number of carbonyl (C=O) groups excluding carboxylic acids is 1. The summed E-state index contributed by atoms with van der Waals surface area (Å²) >= 11 is 7.32. The van der Waals surface area contributed by atoms with Crippen LogP contribution in [0.5, 0.6) is 0 Å². The van der Waals surface area contributed by atoms with Crippen molar-refractivity contribution in [1.29, 1.82) is 0 Å². The van der Waals surface area contributed by atoms with Crippen LogP contribution in [0.3, 0.4) is 0 Å². The number of halogens is 1. The van der Waals surface area contributed by atoms with E-state index >= 15 is 0 Å². The fourth-order valence-corrected chi connectivity index (χ4v) is 3.04. The Labute approximate surface area is 149 Å². The van der Waals surface area contributed by atoms with E-state index in [-0.39, 0.29) is 5.91 Å². The zero-order valence-corrected chi connectivity index (χ0v) is 14.6. The van der Waals surface area contributed by atoms with Crippen molar-refractivity contribution in [2.75, 3.05) is 5.32 Å². The SMILES string of the molecule is Cc1ccc(-c2csc(NC(=O)C=Cc3cccc(Cl)c3)n2)cc1. The molecule has 3 rings (SSSR count). The molecular formula is C19H15ClN2OS. The summed E-state index contributed by atoms with van der Waals surface area (Å²) < 4.78 is 0. The van der Waals surface area contributed by atoms with Gasteiger partial charge in [0.1, 0.15) is 0 Å². The minimum absolute atomic E-state index is 0.222. The van der Waals surface area contributed by atoms with Crippen LogP contribution in [-0.4, -0.2) is 10.9 Å². The van der Waals surface area contributed by atoms with E-state index in [1.54, 1.807) is 18.2 Å². The fourth-order valence-electron chi connectivity index (χ4n) is 2.12. The Bertz CT molecular complexity index is 884. The van der Waals surface area contributed by atoms with Crippen LogP contribution in [-0.2, 0) is 4.79 Å². The van der Waals surface area contributed by atoms with E-state index in [0.717, 1.165) is 16.8 Å². The molecule has 0 unspecified atom stereocenters. The van der Waals surface area contributed by atoms with Crippen molar-refractivity contribution in [3.05, 3.63) is 76.1 Å². The largest absolute Gasteiger partial charge is 0.298 e. The number of amides is 1. The molecule has 0 fully saturated rings.